The number of fused-ring (bicyclic) bond motifs is 1. The van der Waals surface area contributed by atoms with Gasteiger partial charge in [0.2, 0.25) is 11.8 Å². The molecule has 0 bridgehead atoms. The van der Waals surface area contributed by atoms with Gasteiger partial charge in [0.15, 0.2) is 0 Å². The van der Waals surface area contributed by atoms with Crippen LogP contribution in [-0.2, 0) is 16.0 Å². The van der Waals surface area contributed by atoms with Gasteiger partial charge >= 0.3 is 11.7 Å². The number of piperidine rings is 1. The molecule has 6 N–H and O–H groups in total. The Hall–Kier alpha value is -4.41. The minimum absolute atomic E-state index is 0.0190. The molecule has 0 unspecified atom stereocenters. The van der Waals surface area contributed by atoms with Crippen LogP contribution >= 0.6 is 31.9 Å². The van der Waals surface area contributed by atoms with Crippen molar-refractivity contribution in [3.8, 4) is 5.75 Å². The zero-order chi connectivity index (χ0) is 37.5. The molecule has 2 aliphatic rings. The molecule has 16 heteroatoms. The van der Waals surface area contributed by atoms with Crippen molar-refractivity contribution in [2.75, 3.05) is 50.7 Å². The summed E-state index contributed by atoms with van der Waals surface area (Å²) in [7, 11) is 0. The molecule has 282 valence electrons. The van der Waals surface area contributed by atoms with Gasteiger partial charge in [0.1, 0.15) is 17.8 Å². The molecule has 0 radical (unpaired) electrons. The fraction of sp³-hybridized carbons (Fsp3) is 0.432. The summed E-state index contributed by atoms with van der Waals surface area (Å²) in [5.41, 5.74) is 8.92. The van der Waals surface area contributed by atoms with Gasteiger partial charge in [-0.15, -0.1) is 0 Å². The minimum atomic E-state index is -1.03. The molecule has 14 nitrogen and oxygen atoms in total. The standard InChI is InChI=1S/C37H45Br2N9O5/c38-27-21-24(22-28(39)33(27)49)23-31(44-36(52)47-15-10-26(11-16-47)48-32-7-2-1-5-29(32)43-37(48)53)34(50)42-30(6-3-4-12-40)35(51)46-19-17-45(18-20-46)25-8-13-41-14-9-25/h1-2,5,7-9,13-14,21-22,26,30-31,49H,3-4,6,10-12,15-20,23,40H2,(H,42,50)(H,43,53)(H,44,52)/t30-,31+/m0/s1. The van der Waals surface area contributed by atoms with E-state index in [0.717, 1.165) is 16.7 Å². The number of para-hydroxylation sites is 2. The molecule has 6 rings (SSSR count). The Kier molecular flexibility index (Phi) is 12.7. The maximum absolute atomic E-state index is 14.2. The number of nitrogens with one attached hydrogen (secondary N) is 3. The number of amides is 4. The Bertz CT molecular complexity index is 1930. The number of aromatic amines is 1. The molecule has 53 heavy (non-hydrogen) atoms. The molecule has 4 aromatic rings. The normalized spacial score (nSPS) is 16.4. The first-order valence-corrected chi connectivity index (χ1v) is 19.6. The first-order valence-electron chi connectivity index (χ1n) is 18.0. The number of nitrogens with zero attached hydrogens (tertiary/aromatic N) is 5. The first-order chi connectivity index (χ1) is 25.6. The number of anilines is 1. The molecule has 2 saturated heterocycles. The summed E-state index contributed by atoms with van der Waals surface area (Å²) in [6.45, 7) is 3.54. The molecular weight excluding hydrogens is 810 g/mol. The van der Waals surface area contributed by atoms with Crippen molar-refractivity contribution in [2.45, 2.75) is 56.7 Å². The number of rotatable bonds is 12. The topological polar surface area (TPSA) is 182 Å². The fourth-order valence-corrected chi connectivity index (χ4v) is 8.45. The number of phenolic OH excluding ortho intramolecular Hbond substituents is 1. The third-order valence-corrected chi connectivity index (χ3v) is 11.3. The number of phenols is 1. The third-order valence-electron chi connectivity index (χ3n) is 10.1. The van der Waals surface area contributed by atoms with Gasteiger partial charge in [-0.1, -0.05) is 12.1 Å². The van der Waals surface area contributed by atoms with E-state index in [4.69, 9.17) is 5.73 Å². The first kappa shape index (κ1) is 38.3. The van der Waals surface area contributed by atoms with E-state index in [9.17, 15) is 24.3 Å². The van der Waals surface area contributed by atoms with Crippen LogP contribution in [0.4, 0.5) is 10.5 Å². The van der Waals surface area contributed by atoms with Crippen LogP contribution in [0.25, 0.3) is 11.0 Å². The molecule has 4 amide bonds. The highest BCUT2D eigenvalue weighted by Crippen LogP contribution is 2.34. The Morgan fingerprint density at radius 2 is 1.58 bits per heavy atom. The summed E-state index contributed by atoms with van der Waals surface area (Å²) in [6, 6.07) is 12.5. The van der Waals surface area contributed by atoms with Gasteiger partial charge < -0.3 is 41.2 Å². The Labute approximate surface area is 324 Å². The number of unbranched alkanes of at least 4 members (excludes halogenated alkanes) is 1. The number of benzene rings is 2. The number of carbonyl (C=O) groups is 3. The van der Waals surface area contributed by atoms with Crippen molar-refractivity contribution in [1.82, 2.24) is 35.0 Å². The van der Waals surface area contributed by atoms with E-state index in [1.165, 1.54) is 0 Å². The van der Waals surface area contributed by atoms with E-state index in [2.05, 4.69) is 57.4 Å². The van der Waals surface area contributed by atoms with Crippen molar-refractivity contribution in [3.05, 3.63) is 85.9 Å². The summed E-state index contributed by atoms with van der Waals surface area (Å²) in [4.78, 5) is 67.4. The van der Waals surface area contributed by atoms with Crippen LogP contribution in [-0.4, -0.2) is 105 Å². The number of piperazine rings is 1. The fourth-order valence-electron chi connectivity index (χ4n) is 7.17. The number of hydrogen-bond acceptors (Lipinski definition) is 8. The second kappa shape index (κ2) is 17.6. The highest BCUT2D eigenvalue weighted by Gasteiger charge is 2.33. The molecule has 4 heterocycles. The Morgan fingerprint density at radius 1 is 0.906 bits per heavy atom. The van der Waals surface area contributed by atoms with Gasteiger partial charge in [0.05, 0.1) is 20.0 Å². The van der Waals surface area contributed by atoms with E-state index in [-0.39, 0.29) is 29.8 Å². The number of aromatic nitrogens is 3. The lowest BCUT2D eigenvalue weighted by Gasteiger charge is -2.38. The van der Waals surface area contributed by atoms with Crippen molar-refractivity contribution >= 4 is 66.4 Å². The second-order valence-electron chi connectivity index (χ2n) is 13.5. The van der Waals surface area contributed by atoms with Crippen molar-refractivity contribution in [2.24, 2.45) is 5.73 Å². The highest BCUT2D eigenvalue weighted by molar-refractivity contribution is 9.11. The summed E-state index contributed by atoms with van der Waals surface area (Å²) >= 11 is 6.73. The number of urea groups is 1. The van der Waals surface area contributed by atoms with E-state index in [1.54, 1.807) is 38.9 Å². The van der Waals surface area contributed by atoms with E-state index in [0.29, 0.717) is 92.4 Å². The number of halogens is 2. The zero-order valence-electron chi connectivity index (χ0n) is 29.3. The second-order valence-corrected chi connectivity index (χ2v) is 15.2. The lowest BCUT2D eigenvalue weighted by atomic mass is 10.0. The van der Waals surface area contributed by atoms with Crippen LogP contribution in [0.3, 0.4) is 0 Å². The minimum Gasteiger partial charge on any atom is -0.506 e. The predicted octanol–water partition coefficient (Wildman–Crippen LogP) is 3.88. The molecule has 0 aliphatic carbocycles. The molecule has 2 aliphatic heterocycles. The Balaban J connectivity index is 1.15. The quantitative estimate of drug-likeness (QED) is 0.133. The number of H-pyrrole nitrogens is 1. The largest absolute Gasteiger partial charge is 0.506 e. The number of carbonyl (C=O) groups excluding carboxylic acids is 3. The van der Waals surface area contributed by atoms with E-state index >= 15 is 0 Å². The summed E-state index contributed by atoms with van der Waals surface area (Å²) in [5, 5.41) is 16.3. The summed E-state index contributed by atoms with van der Waals surface area (Å²) in [5.74, 6) is -0.634. The number of imidazole rings is 1. The molecule has 2 aromatic heterocycles. The number of likely N-dealkylation sites (tertiary alicyclic amines) is 1. The number of nitrogens with two attached hydrogens (primary N) is 1. The Morgan fingerprint density at radius 3 is 2.26 bits per heavy atom. The highest BCUT2D eigenvalue weighted by atomic mass is 79.9. The van der Waals surface area contributed by atoms with Crippen LogP contribution in [0.2, 0.25) is 0 Å². The van der Waals surface area contributed by atoms with E-state index in [1.807, 2.05) is 36.4 Å². The van der Waals surface area contributed by atoms with Crippen LogP contribution < -0.4 is 27.0 Å². The molecule has 2 fully saturated rings. The van der Waals surface area contributed by atoms with Gasteiger partial charge in [-0.05, 0) is 112 Å². The molecular formula is C37H45Br2N9O5. The SMILES string of the molecule is NCCCC[C@H](NC(=O)[C@@H](Cc1cc(Br)c(O)c(Br)c1)NC(=O)N1CCC(n2c(=O)[nH]c3ccccc32)CC1)C(=O)N1CCN(c2ccncc2)CC1. The number of aromatic hydroxyl groups is 1. The molecule has 0 spiro atoms. The van der Waals surface area contributed by atoms with Crippen molar-refractivity contribution in [3.63, 3.8) is 0 Å². The number of hydrogen-bond donors (Lipinski definition) is 5. The summed E-state index contributed by atoms with van der Waals surface area (Å²) in [6.07, 6.45) is 6.48. The van der Waals surface area contributed by atoms with Gasteiger partial charge in [-0.3, -0.25) is 19.1 Å². The van der Waals surface area contributed by atoms with Crippen LogP contribution in [0.5, 0.6) is 5.75 Å². The summed E-state index contributed by atoms with van der Waals surface area (Å²) < 4.78 is 2.63. The zero-order valence-corrected chi connectivity index (χ0v) is 32.5. The predicted molar refractivity (Wildman–Crippen MR) is 210 cm³/mol. The monoisotopic (exact) mass is 853 g/mol. The maximum atomic E-state index is 14.2. The smallest absolute Gasteiger partial charge is 0.326 e. The van der Waals surface area contributed by atoms with Crippen LogP contribution in [0.15, 0.2) is 74.7 Å². The van der Waals surface area contributed by atoms with Gasteiger partial charge in [0.25, 0.3) is 0 Å². The lowest BCUT2D eigenvalue weighted by Crippen LogP contribution is -2.59. The van der Waals surface area contributed by atoms with E-state index < -0.39 is 24.0 Å². The average Bonchev–Trinajstić information content (AvgIpc) is 3.52. The van der Waals surface area contributed by atoms with Crippen molar-refractivity contribution < 1.29 is 19.5 Å². The number of pyridine rings is 1. The average molecular weight is 856 g/mol. The molecule has 2 atom stereocenters. The van der Waals surface area contributed by atoms with Gasteiger partial charge in [-0.2, -0.15) is 0 Å². The third kappa shape index (κ3) is 9.22. The van der Waals surface area contributed by atoms with Crippen LogP contribution in [0.1, 0.15) is 43.7 Å². The van der Waals surface area contributed by atoms with Crippen molar-refractivity contribution in [1.29, 1.82) is 0 Å². The lowest BCUT2D eigenvalue weighted by molar-refractivity contribution is -0.137. The van der Waals surface area contributed by atoms with Crippen LogP contribution in [0, 0.1) is 0 Å². The maximum Gasteiger partial charge on any atom is 0.326 e. The molecule has 2 aromatic carbocycles. The van der Waals surface area contributed by atoms with Gasteiger partial charge in [-0.25, -0.2) is 9.59 Å². The van der Waals surface area contributed by atoms with Gasteiger partial charge in [0, 0.05) is 69.8 Å². The molecule has 0 saturated carbocycles.